The van der Waals surface area contributed by atoms with Gasteiger partial charge in [-0.2, -0.15) is 0 Å². The van der Waals surface area contributed by atoms with Gasteiger partial charge in [-0.3, -0.25) is 14.4 Å². The minimum absolute atomic E-state index is 0.0934. The Bertz CT molecular complexity index is 1640. The summed E-state index contributed by atoms with van der Waals surface area (Å²) >= 11 is 0. The maximum atomic E-state index is 12.9. The summed E-state index contributed by atoms with van der Waals surface area (Å²) in [4.78, 5) is 38.3. The molecule has 1 unspecified atom stereocenters. The molecule has 0 aliphatic heterocycles. The van der Waals surface area contributed by atoms with Crippen molar-refractivity contribution < 1.29 is 28.6 Å². The monoisotopic (exact) mass is 1090 g/mol. The van der Waals surface area contributed by atoms with Crippen molar-refractivity contribution in [1.29, 1.82) is 0 Å². The molecule has 6 heteroatoms. The van der Waals surface area contributed by atoms with E-state index in [2.05, 4.69) is 142 Å². The number of carbonyl (C=O) groups is 3. The van der Waals surface area contributed by atoms with Gasteiger partial charge in [0.05, 0.1) is 0 Å². The van der Waals surface area contributed by atoms with Gasteiger partial charge in [0.15, 0.2) is 6.10 Å². The summed E-state index contributed by atoms with van der Waals surface area (Å²) in [6, 6.07) is 0. The second kappa shape index (κ2) is 66.3. The zero-order chi connectivity index (χ0) is 57.1. The van der Waals surface area contributed by atoms with Crippen LogP contribution < -0.4 is 0 Å². The van der Waals surface area contributed by atoms with Gasteiger partial charge in [-0.05, 0) is 109 Å². The smallest absolute Gasteiger partial charge is 0.306 e. The molecule has 6 nitrogen and oxygen atoms in total. The van der Waals surface area contributed by atoms with Crippen molar-refractivity contribution in [1.82, 2.24) is 0 Å². The van der Waals surface area contributed by atoms with Crippen LogP contribution in [0.25, 0.3) is 0 Å². The van der Waals surface area contributed by atoms with Crippen molar-refractivity contribution >= 4 is 17.9 Å². The van der Waals surface area contributed by atoms with E-state index in [1.54, 1.807) is 0 Å². The number of hydrogen-bond donors (Lipinski definition) is 0. The van der Waals surface area contributed by atoms with Gasteiger partial charge in [-0.1, -0.05) is 296 Å². The van der Waals surface area contributed by atoms with Gasteiger partial charge in [0.1, 0.15) is 13.2 Å². The summed E-state index contributed by atoms with van der Waals surface area (Å²) in [5.74, 6) is -0.923. The highest BCUT2D eigenvalue weighted by Crippen LogP contribution is 2.16. The number of carbonyl (C=O) groups excluding carboxylic acids is 3. The van der Waals surface area contributed by atoms with Gasteiger partial charge in [0, 0.05) is 19.3 Å². The third-order valence-corrected chi connectivity index (χ3v) is 14.0. The Morgan fingerprint density at radius 1 is 0.266 bits per heavy atom. The molecule has 0 aromatic rings. The first-order valence-electron chi connectivity index (χ1n) is 33.0. The molecule has 0 radical (unpaired) electrons. The minimum atomic E-state index is -0.797. The summed E-state index contributed by atoms with van der Waals surface area (Å²) in [6.45, 7) is 6.48. The highest BCUT2D eigenvalue weighted by Gasteiger charge is 2.19. The SMILES string of the molecule is CC/C=C\C/C=C\C/C=C\C/C=C\C/C=C\C/C=C\C/C=C\C/C=C\CCCCCCC(=O)OCC(COC(=O)CCCCCCC/C=C\C/C=C\CCCC)OC(=O)CCCCCCCCCCCCCCCCCCCC. The van der Waals surface area contributed by atoms with Crippen LogP contribution in [-0.4, -0.2) is 37.2 Å². The quantitative estimate of drug-likeness (QED) is 0.0261. The van der Waals surface area contributed by atoms with Gasteiger partial charge < -0.3 is 14.2 Å². The van der Waals surface area contributed by atoms with Crippen LogP contribution in [0.15, 0.2) is 122 Å². The number of esters is 3. The highest BCUT2D eigenvalue weighted by atomic mass is 16.6. The molecule has 0 bridgehead atoms. The molecule has 0 heterocycles. The molecule has 0 aliphatic carbocycles. The second-order valence-electron chi connectivity index (χ2n) is 21.6. The van der Waals surface area contributed by atoms with Crippen LogP contribution in [0.1, 0.15) is 303 Å². The molecule has 0 aromatic heterocycles. The molecule has 0 spiro atoms. The van der Waals surface area contributed by atoms with E-state index in [4.69, 9.17) is 14.2 Å². The topological polar surface area (TPSA) is 78.9 Å². The van der Waals surface area contributed by atoms with Crippen LogP contribution in [-0.2, 0) is 28.6 Å². The molecule has 0 saturated carbocycles. The lowest BCUT2D eigenvalue weighted by atomic mass is 10.0. The number of rotatable bonds is 59. The van der Waals surface area contributed by atoms with Crippen molar-refractivity contribution in [3.8, 4) is 0 Å². The standard InChI is InChI=1S/C73H122O6/c1-4-7-10-13-16-19-22-25-28-30-32-33-34-35-36-37-38-39-40-41-42-44-45-48-51-54-57-60-63-66-72(75)78-69-70(68-77-71(74)65-62-59-56-53-50-47-27-24-21-18-15-12-9-6-3)79-73(76)67-64-61-58-55-52-49-46-43-31-29-26-23-20-17-14-11-8-5-2/h7,10,15-16,18-19,24-25,27-28,32-33,35-36,38-39,41-42,45,48,70H,4-6,8-9,11-14,17,20-23,26,29-31,34,37,40,43-44,46-47,49-69H2,1-3H3/b10-7-,18-15-,19-16-,27-24-,28-25-,33-32-,36-35-,39-38-,42-41-,48-45-. The first-order chi connectivity index (χ1) is 39.0. The van der Waals surface area contributed by atoms with E-state index in [0.29, 0.717) is 19.3 Å². The summed E-state index contributed by atoms with van der Waals surface area (Å²) in [5, 5.41) is 0. The largest absolute Gasteiger partial charge is 0.462 e. The molecule has 1 atom stereocenters. The Balaban J connectivity index is 4.39. The van der Waals surface area contributed by atoms with Gasteiger partial charge in [-0.15, -0.1) is 0 Å². The fourth-order valence-electron chi connectivity index (χ4n) is 9.01. The van der Waals surface area contributed by atoms with Gasteiger partial charge in [0.2, 0.25) is 0 Å². The third-order valence-electron chi connectivity index (χ3n) is 14.0. The maximum absolute atomic E-state index is 12.9. The predicted octanol–water partition coefficient (Wildman–Crippen LogP) is 22.8. The molecule has 0 N–H and O–H groups in total. The number of allylic oxidation sites excluding steroid dienone is 20. The average molecular weight is 1100 g/mol. The molecule has 0 aliphatic rings. The summed E-state index contributed by atoms with van der Waals surface area (Å²) in [6.07, 6.45) is 92.0. The molecule has 450 valence electrons. The van der Waals surface area contributed by atoms with E-state index in [0.717, 1.165) is 148 Å². The first kappa shape index (κ1) is 74.8. The molecule has 0 saturated heterocycles. The van der Waals surface area contributed by atoms with Crippen molar-refractivity contribution in [3.05, 3.63) is 122 Å². The predicted molar refractivity (Wildman–Crippen MR) is 343 cm³/mol. The average Bonchev–Trinajstić information content (AvgIpc) is 3.45. The third kappa shape index (κ3) is 64.5. The maximum Gasteiger partial charge on any atom is 0.306 e. The minimum Gasteiger partial charge on any atom is -0.462 e. The van der Waals surface area contributed by atoms with Crippen molar-refractivity contribution in [2.45, 2.75) is 309 Å². The van der Waals surface area contributed by atoms with Crippen LogP contribution in [0, 0.1) is 0 Å². The Morgan fingerprint density at radius 2 is 0.506 bits per heavy atom. The number of ether oxygens (including phenoxy) is 3. The van der Waals surface area contributed by atoms with Crippen LogP contribution in [0.3, 0.4) is 0 Å². The van der Waals surface area contributed by atoms with E-state index in [9.17, 15) is 14.4 Å². The van der Waals surface area contributed by atoms with Crippen molar-refractivity contribution in [3.63, 3.8) is 0 Å². The Morgan fingerprint density at radius 3 is 0.810 bits per heavy atom. The van der Waals surface area contributed by atoms with Crippen LogP contribution >= 0.6 is 0 Å². The van der Waals surface area contributed by atoms with Gasteiger partial charge in [-0.25, -0.2) is 0 Å². The van der Waals surface area contributed by atoms with E-state index >= 15 is 0 Å². The van der Waals surface area contributed by atoms with Crippen molar-refractivity contribution in [2.75, 3.05) is 13.2 Å². The van der Waals surface area contributed by atoms with Crippen LogP contribution in [0.2, 0.25) is 0 Å². The second-order valence-corrected chi connectivity index (χ2v) is 21.6. The zero-order valence-corrected chi connectivity index (χ0v) is 51.6. The summed E-state index contributed by atoms with van der Waals surface area (Å²) < 4.78 is 16.9. The van der Waals surface area contributed by atoms with E-state index in [1.165, 1.54) is 116 Å². The van der Waals surface area contributed by atoms with Crippen molar-refractivity contribution in [2.24, 2.45) is 0 Å². The molecule has 0 amide bonds. The highest BCUT2D eigenvalue weighted by molar-refractivity contribution is 5.71. The molecule has 0 aromatic carbocycles. The Labute approximate surface area is 488 Å². The Kier molecular flexibility index (Phi) is 62.8. The zero-order valence-electron chi connectivity index (χ0n) is 51.6. The fourth-order valence-corrected chi connectivity index (χ4v) is 9.01. The van der Waals surface area contributed by atoms with Crippen LogP contribution in [0.5, 0.6) is 0 Å². The normalized spacial score (nSPS) is 12.9. The number of hydrogen-bond acceptors (Lipinski definition) is 6. The summed E-state index contributed by atoms with van der Waals surface area (Å²) in [5.41, 5.74) is 0. The van der Waals surface area contributed by atoms with E-state index in [1.807, 2.05) is 0 Å². The summed E-state index contributed by atoms with van der Waals surface area (Å²) in [7, 11) is 0. The van der Waals surface area contributed by atoms with E-state index in [-0.39, 0.29) is 31.1 Å². The van der Waals surface area contributed by atoms with E-state index < -0.39 is 6.10 Å². The fraction of sp³-hybridized carbons (Fsp3) is 0.685. The molecule has 0 fully saturated rings. The molecular weight excluding hydrogens is 973 g/mol. The van der Waals surface area contributed by atoms with Gasteiger partial charge >= 0.3 is 17.9 Å². The lowest BCUT2D eigenvalue weighted by Gasteiger charge is -2.18. The molecule has 79 heavy (non-hydrogen) atoms. The Hall–Kier alpha value is -4.19. The number of unbranched alkanes of at least 4 members (excludes halogenated alkanes) is 28. The lowest BCUT2D eigenvalue weighted by molar-refractivity contribution is -0.167. The van der Waals surface area contributed by atoms with Gasteiger partial charge in [0.25, 0.3) is 0 Å². The van der Waals surface area contributed by atoms with Crippen LogP contribution in [0.4, 0.5) is 0 Å². The lowest BCUT2D eigenvalue weighted by Crippen LogP contribution is -2.30. The molecule has 0 rings (SSSR count). The molecular formula is C73H122O6. The first-order valence-corrected chi connectivity index (χ1v) is 33.0.